The number of hydrogen-bond acceptors (Lipinski definition) is 2. The Bertz CT molecular complexity index is 552. The van der Waals surface area contributed by atoms with Gasteiger partial charge in [0.2, 0.25) is 5.96 Å². The fourth-order valence-corrected chi connectivity index (χ4v) is 2.46. The van der Waals surface area contributed by atoms with Crippen LogP contribution in [0.3, 0.4) is 0 Å². The minimum atomic E-state index is -0.290. The van der Waals surface area contributed by atoms with Gasteiger partial charge in [-0.2, -0.15) is 0 Å². The zero-order valence-electron chi connectivity index (χ0n) is 15.0. The highest BCUT2D eigenvalue weighted by atomic mass is 16.2. The molecular weight excluding hydrogens is 276 g/mol. The third kappa shape index (κ3) is 4.23. The molecule has 5 heteroatoms. The van der Waals surface area contributed by atoms with Gasteiger partial charge < -0.3 is 10.2 Å². The highest BCUT2D eigenvalue weighted by Gasteiger charge is 2.24. The molecule has 0 aliphatic carbocycles. The molecule has 0 spiro atoms. The van der Waals surface area contributed by atoms with E-state index in [0.29, 0.717) is 5.96 Å². The lowest BCUT2D eigenvalue weighted by molar-refractivity contribution is 0.216. The van der Waals surface area contributed by atoms with Crippen molar-refractivity contribution in [3.8, 4) is 0 Å². The highest BCUT2D eigenvalue weighted by Crippen LogP contribution is 2.24. The van der Waals surface area contributed by atoms with Crippen LogP contribution in [0, 0.1) is 13.8 Å². The second-order valence-corrected chi connectivity index (χ2v) is 6.56. The van der Waals surface area contributed by atoms with Crippen LogP contribution in [0.5, 0.6) is 0 Å². The first kappa shape index (κ1) is 18.0. The third-order valence-electron chi connectivity index (χ3n) is 3.36. The Hall–Kier alpha value is -2.04. The van der Waals surface area contributed by atoms with Gasteiger partial charge in [-0.3, -0.25) is 9.89 Å². The lowest BCUT2D eigenvalue weighted by atomic mass is 10.1. The second-order valence-electron chi connectivity index (χ2n) is 6.56. The summed E-state index contributed by atoms with van der Waals surface area (Å²) in [4.78, 5) is 20.2. The number of aliphatic imine (C=N–C) groups is 1. The molecule has 0 radical (unpaired) electrons. The fourth-order valence-electron chi connectivity index (χ4n) is 2.46. The van der Waals surface area contributed by atoms with Crippen LogP contribution in [0.2, 0.25) is 0 Å². The zero-order valence-corrected chi connectivity index (χ0v) is 15.0. The summed E-state index contributed by atoms with van der Waals surface area (Å²) < 4.78 is 0. The van der Waals surface area contributed by atoms with Gasteiger partial charge in [0.05, 0.1) is 0 Å². The third-order valence-corrected chi connectivity index (χ3v) is 3.36. The van der Waals surface area contributed by atoms with E-state index in [9.17, 15) is 4.79 Å². The quantitative estimate of drug-likeness (QED) is 0.640. The minimum absolute atomic E-state index is 0.175. The Morgan fingerprint density at radius 2 is 1.64 bits per heavy atom. The average Bonchev–Trinajstić information content (AvgIpc) is 2.37. The van der Waals surface area contributed by atoms with Gasteiger partial charge in [0.1, 0.15) is 0 Å². The summed E-state index contributed by atoms with van der Waals surface area (Å²) in [7, 11) is 5.35. The number of carbonyl (C=O) groups excluding carboxylic acids is 1. The van der Waals surface area contributed by atoms with E-state index in [1.54, 1.807) is 14.1 Å². The Kier molecular flexibility index (Phi) is 5.58. The molecule has 0 fully saturated rings. The second kappa shape index (κ2) is 6.81. The van der Waals surface area contributed by atoms with Crippen molar-refractivity contribution in [3.05, 3.63) is 29.3 Å². The summed E-state index contributed by atoms with van der Waals surface area (Å²) in [6.07, 6.45) is 0. The Balaban J connectivity index is 3.09. The Morgan fingerprint density at radius 1 is 1.14 bits per heavy atom. The molecule has 122 valence electrons. The normalized spacial score (nSPS) is 12.1. The number of benzene rings is 1. The van der Waals surface area contributed by atoms with E-state index < -0.39 is 0 Å². The number of urea groups is 1. The number of hydrogen-bond donors (Lipinski definition) is 1. The summed E-state index contributed by atoms with van der Waals surface area (Å²) in [6.45, 7) is 9.98. The topological polar surface area (TPSA) is 47.9 Å². The Morgan fingerprint density at radius 3 is 2.05 bits per heavy atom. The van der Waals surface area contributed by atoms with Crippen LogP contribution in [0.25, 0.3) is 0 Å². The molecule has 0 unspecified atom stereocenters. The molecule has 0 saturated carbocycles. The number of nitrogens with zero attached hydrogens (tertiary/aromatic N) is 3. The number of aryl methyl sites for hydroxylation is 2. The summed E-state index contributed by atoms with van der Waals surface area (Å²) in [6, 6.07) is 5.97. The van der Waals surface area contributed by atoms with Gasteiger partial charge in [0.15, 0.2) is 0 Å². The fraction of sp³-hybridized carbons (Fsp3) is 0.529. The summed E-state index contributed by atoms with van der Waals surface area (Å²) in [5, 5.41) is 2.95. The number of amides is 2. The maximum atomic E-state index is 12.4. The van der Waals surface area contributed by atoms with E-state index in [4.69, 9.17) is 0 Å². The van der Waals surface area contributed by atoms with Gasteiger partial charge in [-0.1, -0.05) is 18.2 Å². The van der Waals surface area contributed by atoms with Crippen molar-refractivity contribution in [3.63, 3.8) is 0 Å². The monoisotopic (exact) mass is 304 g/mol. The van der Waals surface area contributed by atoms with Crippen LogP contribution in [-0.2, 0) is 0 Å². The first-order valence-corrected chi connectivity index (χ1v) is 7.41. The molecule has 0 saturated heterocycles. The van der Waals surface area contributed by atoms with E-state index >= 15 is 0 Å². The molecule has 5 nitrogen and oxygen atoms in total. The summed E-state index contributed by atoms with van der Waals surface area (Å²) >= 11 is 0. The summed E-state index contributed by atoms with van der Waals surface area (Å²) in [5.41, 5.74) is 3.07. The summed E-state index contributed by atoms with van der Waals surface area (Å²) in [5.74, 6) is 0.596. The van der Waals surface area contributed by atoms with E-state index in [2.05, 4.69) is 36.3 Å². The number of nitrogens with one attached hydrogen (secondary N) is 1. The first-order chi connectivity index (χ1) is 10.1. The maximum absolute atomic E-state index is 12.4. The maximum Gasteiger partial charge on any atom is 0.324 e. The number of anilines is 1. The smallest absolute Gasteiger partial charge is 0.324 e. The molecule has 0 bridgehead atoms. The molecular formula is C17H28N4O. The minimum Gasteiger partial charge on any atom is -0.333 e. The largest absolute Gasteiger partial charge is 0.333 e. The number of guanidine groups is 1. The van der Waals surface area contributed by atoms with Gasteiger partial charge in [0.25, 0.3) is 0 Å². The molecule has 22 heavy (non-hydrogen) atoms. The highest BCUT2D eigenvalue weighted by molar-refractivity contribution is 6.05. The van der Waals surface area contributed by atoms with Crippen molar-refractivity contribution >= 4 is 17.7 Å². The molecule has 0 aromatic heterocycles. The molecule has 0 aliphatic rings. The lowest BCUT2D eigenvalue weighted by Crippen LogP contribution is -2.52. The lowest BCUT2D eigenvalue weighted by Gasteiger charge is -2.32. The van der Waals surface area contributed by atoms with Crippen LogP contribution >= 0.6 is 0 Å². The van der Waals surface area contributed by atoms with E-state index in [1.807, 2.05) is 38.8 Å². The van der Waals surface area contributed by atoms with Gasteiger partial charge in [-0.05, 0) is 45.7 Å². The number of para-hydroxylation sites is 1. The molecule has 1 rings (SSSR count). The van der Waals surface area contributed by atoms with Crippen molar-refractivity contribution in [1.29, 1.82) is 0 Å². The van der Waals surface area contributed by atoms with Crippen LogP contribution in [0.1, 0.15) is 31.9 Å². The van der Waals surface area contributed by atoms with Gasteiger partial charge >= 0.3 is 6.03 Å². The standard InChI is InChI=1S/C17H28N4O/c1-12-10-9-11-13(2)14(12)20(7)15(18-6)21(8)16(22)19-17(3,4)5/h9-11H,1-8H3,(H,19,22). The molecule has 0 atom stereocenters. The van der Waals surface area contributed by atoms with Gasteiger partial charge in [0, 0.05) is 32.4 Å². The molecule has 0 heterocycles. The van der Waals surface area contributed by atoms with Crippen molar-refractivity contribution in [2.45, 2.75) is 40.2 Å². The van der Waals surface area contributed by atoms with Crippen LogP contribution in [0.15, 0.2) is 23.2 Å². The SMILES string of the molecule is CN=C(N(C)C(=O)NC(C)(C)C)N(C)c1c(C)cccc1C. The number of carbonyl (C=O) groups is 1. The van der Waals surface area contributed by atoms with Crippen molar-refractivity contribution in [1.82, 2.24) is 10.2 Å². The van der Waals surface area contributed by atoms with E-state index in [0.717, 1.165) is 16.8 Å². The van der Waals surface area contributed by atoms with Crippen molar-refractivity contribution in [2.75, 3.05) is 26.0 Å². The number of rotatable bonds is 1. The zero-order chi connectivity index (χ0) is 17.1. The van der Waals surface area contributed by atoms with Crippen LogP contribution < -0.4 is 10.2 Å². The van der Waals surface area contributed by atoms with Gasteiger partial charge in [-0.25, -0.2) is 4.79 Å². The Labute approximate surface area is 134 Å². The predicted octanol–water partition coefficient (Wildman–Crippen LogP) is 3.17. The first-order valence-electron chi connectivity index (χ1n) is 7.41. The van der Waals surface area contributed by atoms with Crippen LogP contribution in [0.4, 0.5) is 10.5 Å². The van der Waals surface area contributed by atoms with Crippen molar-refractivity contribution in [2.24, 2.45) is 4.99 Å². The average molecular weight is 304 g/mol. The molecule has 2 amide bonds. The molecule has 0 aliphatic heterocycles. The van der Waals surface area contributed by atoms with Gasteiger partial charge in [-0.15, -0.1) is 0 Å². The van der Waals surface area contributed by atoms with Crippen LogP contribution in [-0.4, -0.2) is 43.6 Å². The molecule has 1 aromatic rings. The molecule has 1 N–H and O–H groups in total. The van der Waals surface area contributed by atoms with E-state index in [-0.39, 0.29) is 11.6 Å². The molecule has 1 aromatic carbocycles. The van der Waals surface area contributed by atoms with E-state index in [1.165, 1.54) is 4.90 Å². The predicted molar refractivity (Wildman–Crippen MR) is 93.7 cm³/mol. The van der Waals surface area contributed by atoms with Crippen molar-refractivity contribution < 1.29 is 4.79 Å².